The van der Waals surface area contributed by atoms with Crippen molar-refractivity contribution in [3.8, 4) is 0 Å². The molecule has 0 N–H and O–H groups in total. The van der Waals surface area contributed by atoms with Crippen molar-refractivity contribution in [3.63, 3.8) is 0 Å². The van der Waals surface area contributed by atoms with E-state index in [9.17, 15) is 14.4 Å². The molecule has 1 unspecified atom stereocenters. The van der Waals surface area contributed by atoms with Crippen LogP contribution in [-0.4, -0.2) is 37.2 Å². The van der Waals surface area contributed by atoms with Crippen LogP contribution in [0.5, 0.6) is 0 Å². The molecule has 0 spiro atoms. The normalized spacial score (nSPS) is 12.7. The van der Waals surface area contributed by atoms with Gasteiger partial charge >= 0.3 is 17.9 Å². The van der Waals surface area contributed by atoms with Crippen molar-refractivity contribution in [1.29, 1.82) is 0 Å². The Balaban J connectivity index is 4.22. The molecule has 0 heterocycles. The number of unbranched alkanes of at least 4 members (excludes halogenated alkanes) is 36. The van der Waals surface area contributed by atoms with Gasteiger partial charge in [-0.2, -0.15) is 0 Å². The lowest BCUT2D eigenvalue weighted by Gasteiger charge is -2.18. The van der Waals surface area contributed by atoms with E-state index in [0.29, 0.717) is 19.3 Å². The summed E-state index contributed by atoms with van der Waals surface area (Å²) >= 11 is 0. The van der Waals surface area contributed by atoms with Gasteiger partial charge in [-0.15, -0.1) is 0 Å². The first-order chi connectivity index (χ1) is 40.0. The summed E-state index contributed by atoms with van der Waals surface area (Å²) in [6.07, 6.45) is 92.9. The molecule has 0 saturated heterocycles. The summed E-state index contributed by atoms with van der Waals surface area (Å²) in [7, 11) is 0. The second-order valence-electron chi connectivity index (χ2n) is 23.1. The van der Waals surface area contributed by atoms with Crippen LogP contribution in [0.15, 0.2) is 97.2 Å². The summed E-state index contributed by atoms with van der Waals surface area (Å²) in [5.74, 6) is -0.883. The Labute approximate surface area is 502 Å². The Morgan fingerprint density at radius 2 is 0.494 bits per heavy atom. The second kappa shape index (κ2) is 68.8. The molecule has 0 aromatic rings. The standard InChI is InChI=1S/C75H130O6/c1-4-7-10-13-16-19-22-24-26-28-30-32-34-35-36-37-38-39-41-42-44-46-48-50-53-56-59-62-65-68-74(77)80-71-72(70-79-73(76)67-64-61-58-55-52-21-18-15-12-9-6-3)81-75(78)69-66-63-60-57-54-51-49-47-45-43-40-33-31-29-27-25-23-20-17-14-11-8-5-2/h8,11,15,17-18,20,22,24-25,27-28,30-31,33-35,72H,4-7,9-10,12-14,16,19,21,23,26,29,32,36-71H2,1-3H3/b11-8-,18-15-,20-17-,24-22-,27-25-,30-28-,33-31-,35-34-. The van der Waals surface area contributed by atoms with Gasteiger partial charge in [0, 0.05) is 19.3 Å². The van der Waals surface area contributed by atoms with Crippen molar-refractivity contribution < 1.29 is 28.6 Å². The Morgan fingerprint density at radius 3 is 0.802 bits per heavy atom. The van der Waals surface area contributed by atoms with Crippen molar-refractivity contribution in [3.05, 3.63) is 97.2 Å². The van der Waals surface area contributed by atoms with Gasteiger partial charge in [0.25, 0.3) is 0 Å². The highest BCUT2D eigenvalue weighted by Crippen LogP contribution is 2.17. The van der Waals surface area contributed by atoms with E-state index in [1.807, 2.05) is 0 Å². The average molecular weight is 1130 g/mol. The topological polar surface area (TPSA) is 78.9 Å². The molecule has 0 aromatic carbocycles. The fourth-order valence-electron chi connectivity index (χ4n) is 9.84. The molecule has 0 amide bonds. The lowest BCUT2D eigenvalue weighted by molar-refractivity contribution is -0.167. The van der Waals surface area contributed by atoms with Crippen LogP contribution in [0.4, 0.5) is 0 Å². The largest absolute Gasteiger partial charge is 0.462 e. The highest BCUT2D eigenvalue weighted by atomic mass is 16.6. The van der Waals surface area contributed by atoms with Gasteiger partial charge in [-0.05, 0) is 116 Å². The lowest BCUT2D eigenvalue weighted by atomic mass is 10.0. The monoisotopic (exact) mass is 1130 g/mol. The Hall–Kier alpha value is -3.67. The minimum Gasteiger partial charge on any atom is -0.462 e. The predicted molar refractivity (Wildman–Crippen MR) is 353 cm³/mol. The maximum atomic E-state index is 12.9. The molecule has 6 heteroatoms. The average Bonchev–Trinajstić information content (AvgIpc) is 3.47. The molecule has 0 fully saturated rings. The van der Waals surface area contributed by atoms with E-state index >= 15 is 0 Å². The fourth-order valence-corrected chi connectivity index (χ4v) is 9.84. The minimum absolute atomic E-state index is 0.0803. The molecule has 81 heavy (non-hydrogen) atoms. The van der Waals surface area contributed by atoms with Crippen molar-refractivity contribution in [2.24, 2.45) is 0 Å². The van der Waals surface area contributed by atoms with Crippen LogP contribution in [0.2, 0.25) is 0 Å². The molecule has 0 bridgehead atoms. The maximum absolute atomic E-state index is 12.9. The van der Waals surface area contributed by atoms with E-state index in [1.54, 1.807) is 0 Å². The summed E-state index contributed by atoms with van der Waals surface area (Å²) in [6.45, 7) is 6.50. The van der Waals surface area contributed by atoms with Gasteiger partial charge in [0.05, 0.1) is 0 Å². The summed E-state index contributed by atoms with van der Waals surface area (Å²) in [5.41, 5.74) is 0. The number of hydrogen-bond donors (Lipinski definition) is 0. The molecule has 6 nitrogen and oxygen atoms in total. The summed E-state index contributed by atoms with van der Waals surface area (Å²) in [4.78, 5) is 38.4. The number of ether oxygens (including phenoxy) is 3. The first kappa shape index (κ1) is 77.3. The van der Waals surface area contributed by atoms with Gasteiger partial charge in [-0.25, -0.2) is 0 Å². The maximum Gasteiger partial charge on any atom is 0.306 e. The zero-order valence-corrected chi connectivity index (χ0v) is 53.5. The molecule has 0 saturated carbocycles. The quantitative estimate of drug-likeness (QED) is 0.0261. The Kier molecular flexibility index (Phi) is 65.7. The van der Waals surface area contributed by atoms with Gasteiger partial charge in [-0.1, -0.05) is 304 Å². The third kappa shape index (κ3) is 67.0. The molecular weight excluding hydrogens is 997 g/mol. The van der Waals surface area contributed by atoms with Crippen LogP contribution in [-0.2, 0) is 28.6 Å². The summed E-state index contributed by atoms with van der Waals surface area (Å²) in [5, 5.41) is 0. The van der Waals surface area contributed by atoms with Crippen LogP contribution < -0.4 is 0 Å². The molecule has 1 atom stereocenters. The number of rotatable bonds is 63. The van der Waals surface area contributed by atoms with E-state index in [-0.39, 0.29) is 31.1 Å². The van der Waals surface area contributed by atoms with Crippen molar-refractivity contribution in [1.82, 2.24) is 0 Å². The molecule has 0 aliphatic heterocycles. The van der Waals surface area contributed by atoms with Crippen molar-refractivity contribution >= 4 is 17.9 Å². The smallest absolute Gasteiger partial charge is 0.306 e. The van der Waals surface area contributed by atoms with E-state index in [0.717, 1.165) is 103 Å². The molecule has 0 radical (unpaired) electrons. The Bertz CT molecular complexity index is 1580. The SMILES string of the molecule is CC/C=C\C/C=C\C/C=C\C/C=C\CCCCCCCCCCCCC(=O)OC(COC(=O)CCCCCCC/C=C\CCCC)COC(=O)CCCCCCCCCCCCCCCC/C=C\C/C=C\C/C=C\CCCCCCC. The lowest BCUT2D eigenvalue weighted by Crippen LogP contribution is -2.30. The molecule has 0 aliphatic rings. The van der Waals surface area contributed by atoms with Gasteiger partial charge < -0.3 is 14.2 Å². The number of carbonyl (C=O) groups is 3. The minimum atomic E-state index is -0.785. The van der Waals surface area contributed by atoms with E-state index in [1.165, 1.54) is 199 Å². The van der Waals surface area contributed by atoms with Crippen LogP contribution in [0, 0.1) is 0 Å². The summed E-state index contributed by atoms with van der Waals surface area (Å²) < 4.78 is 16.9. The molecular formula is C75H130O6. The number of allylic oxidation sites excluding steroid dienone is 16. The number of hydrogen-bond acceptors (Lipinski definition) is 6. The summed E-state index contributed by atoms with van der Waals surface area (Å²) in [6, 6.07) is 0. The van der Waals surface area contributed by atoms with Crippen LogP contribution in [0.25, 0.3) is 0 Å². The fraction of sp³-hybridized carbons (Fsp3) is 0.747. The van der Waals surface area contributed by atoms with E-state index in [2.05, 4.69) is 118 Å². The van der Waals surface area contributed by atoms with Crippen molar-refractivity contribution in [2.45, 2.75) is 348 Å². The third-order valence-corrected chi connectivity index (χ3v) is 15.0. The van der Waals surface area contributed by atoms with Gasteiger partial charge in [0.2, 0.25) is 0 Å². The third-order valence-electron chi connectivity index (χ3n) is 15.0. The van der Waals surface area contributed by atoms with E-state index in [4.69, 9.17) is 14.2 Å². The van der Waals surface area contributed by atoms with Gasteiger partial charge in [0.15, 0.2) is 6.10 Å². The highest BCUT2D eigenvalue weighted by Gasteiger charge is 2.19. The second-order valence-corrected chi connectivity index (χ2v) is 23.1. The Morgan fingerprint density at radius 1 is 0.259 bits per heavy atom. The first-order valence-electron chi connectivity index (χ1n) is 34.7. The van der Waals surface area contributed by atoms with Crippen LogP contribution in [0.1, 0.15) is 342 Å². The van der Waals surface area contributed by atoms with E-state index < -0.39 is 6.10 Å². The van der Waals surface area contributed by atoms with Gasteiger partial charge in [-0.3, -0.25) is 14.4 Å². The molecule has 466 valence electrons. The van der Waals surface area contributed by atoms with Crippen molar-refractivity contribution in [2.75, 3.05) is 13.2 Å². The molecule has 0 rings (SSSR count). The zero-order valence-electron chi connectivity index (χ0n) is 53.5. The van der Waals surface area contributed by atoms with Gasteiger partial charge in [0.1, 0.15) is 13.2 Å². The number of carbonyl (C=O) groups excluding carboxylic acids is 3. The van der Waals surface area contributed by atoms with Crippen LogP contribution in [0.3, 0.4) is 0 Å². The predicted octanol–water partition coefficient (Wildman–Crippen LogP) is 24.0. The van der Waals surface area contributed by atoms with Crippen LogP contribution >= 0.6 is 0 Å². The first-order valence-corrected chi connectivity index (χ1v) is 34.7. The highest BCUT2D eigenvalue weighted by molar-refractivity contribution is 5.71. The molecule has 0 aromatic heterocycles. The zero-order chi connectivity index (χ0) is 58.5. The number of esters is 3. The molecule has 0 aliphatic carbocycles.